The summed E-state index contributed by atoms with van der Waals surface area (Å²) < 4.78 is 36.7. The van der Waals surface area contributed by atoms with Gasteiger partial charge in [-0.25, -0.2) is 12.7 Å². The lowest BCUT2D eigenvalue weighted by Crippen LogP contribution is -2.39. The lowest BCUT2D eigenvalue weighted by Gasteiger charge is -2.19. The number of sulfonamides is 1. The summed E-state index contributed by atoms with van der Waals surface area (Å²) in [6.07, 6.45) is -0.0381. The first-order chi connectivity index (χ1) is 14.1. The molecule has 2 rings (SSSR count). The Balaban J connectivity index is 1.83. The van der Waals surface area contributed by atoms with Gasteiger partial charge < -0.3 is 14.8 Å². The van der Waals surface area contributed by atoms with Gasteiger partial charge in [-0.05, 0) is 56.2 Å². The summed E-state index contributed by atoms with van der Waals surface area (Å²) in [5, 5.41) is 2.81. The fourth-order valence-electron chi connectivity index (χ4n) is 2.78. The highest BCUT2D eigenvalue weighted by molar-refractivity contribution is 7.89. The Labute approximate surface area is 179 Å². The van der Waals surface area contributed by atoms with Crippen molar-refractivity contribution in [3.05, 3.63) is 53.6 Å². The Morgan fingerprint density at radius 3 is 2.33 bits per heavy atom. The number of hydrogen-bond acceptors (Lipinski definition) is 5. The van der Waals surface area contributed by atoms with E-state index in [4.69, 9.17) is 9.47 Å². The molecule has 0 spiro atoms. The average Bonchev–Trinajstić information content (AvgIpc) is 2.70. The van der Waals surface area contributed by atoms with Crippen LogP contribution in [0.1, 0.15) is 24.5 Å². The molecule has 0 heterocycles. The molecular weight excluding hydrogens is 404 g/mol. The van der Waals surface area contributed by atoms with Crippen LogP contribution in [0.2, 0.25) is 0 Å². The highest BCUT2D eigenvalue weighted by atomic mass is 32.2. The van der Waals surface area contributed by atoms with E-state index in [-0.39, 0.29) is 17.4 Å². The van der Waals surface area contributed by atoms with Gasteiger partial charge in [-0.15, -0.1) is 0 Å². The second-order valence-electron chi connectivity index (χ2n) is 7.18. The second-order valence-corrected chi connectivity index (χ2v) is 9.33. The van der Waals surface area contributed by atoms with Crippen molar-refractivity contribution in [2.45, 2.75) is 38.2 Å². The van der Waals surface area contributed by atoms with Crippen molar-refractivity contribution in [1.29, 1.82) is 0 Å². The number of amides is 1. The van der Waals surface area contributed by atoms with Crippen LogP contribution in [0.15, 0.2) is 47.4 Å². The molecule has 0 aliphatic carbocycles. The summed E-state index contributed by atoms with van der Waals surface area (Å²) in [7, 11) is -0.503. The van der Waals surface area contributed by atoms with Crippen LogP contribution in [-0.2, 0) is 14.8 Å². The van der Waals surface area contributed by atoms with Crippen LogP contribution >= 0.6 is 0 Å². The zero-order valence-electron chi connectivity index (χ0n) is 18.1. The Morgan fingerprint density at radius 1 is 1.10 bits per heavy atom. The van der Waals surface area contributed by atoms with E-state index in [0.717, 1.165) is 15.4 Å². The number of aryl methyl sites for hydroxylation is 2. The Morgan fingerprint density at radius 2 is 1.77 bits per heavy atom. The van der Waals surface area contributed by atoms with Gasteiger partial charge in [0.15, 0.2) is 6.10 Å². The third-order valence-electron chi connectivity index (χ3n) is 4.54. The Bertz CT molecular complexity index is 956. The third kappa shape index (κ3) is 6.21. The largest absolute Gasteiger partial charge is 0.492 e. The Hall–Kier alpha value is -2.58. The minimum Gasteiger partial charge on any atom is -0.492 e. The van der Waals surface area contributed by atoms with Crippen molar-refractivity contribution in [2.24, 2.45) is 0 Å². The van der Waals surface area contributed by atoms with Gasteiger partial charge >= 0.3 is 0 Å². The molecule has 164 valence electrons. The Kier molecular flexibility index (Phi) is 8.25. The number of nitrogens with one attached hydrogen (secondary N) is 1. The molecule has 1 N–H and O–H groups in total. The molecule has 0 fully saturated rings. The first kappa shape index (κ1) is 23.7. The molecule has 30 heavy (non-hydrogen) atoms. The summed E-state index contributed by atoms with van der Waals surface area (Å²) in [6.45, 7) is 6.42. The third-order valence-corrected chi connectivity index (χ3v) is 6.36. The van der Waals surface area contributed by atoms with Gasteiger partial charge in [0.2, 0.25) is 10.0 Å². The van der Waals surface area contributed by atoms with Gasteiger partial charge in [-0.1, -0.05) is 24.6 Å². The van der Waals surface area contributed by atoms with Gasteiger partial charge in [0.1, 0.15) is 18.1 Å². The zero-order valence-corrected chi connectivity index (χ0v) is 19.0. The van der Waals surface area contributed by atoms with E-state index in [1.807, 2.05) is 39.0 Å². The highest BCUT2D eigenvalue weighted by Crippen LogP contribution is 2.21. The maximum Gasteiger partial charge on any atom is 0.261 e. The molecule has 2 aromatic rings. The topological polar surface area (TPSA) is 84.9 Å². The van der Waals surface area contributed by atoms with Crippen molar-refractivity contribution in [2.75, 3.05) is 27.2 Å². The van der Waals surface area contributed by atoms with Gasteiger partial charge in [0.25, 0.3) is 5.91 Å². The number of rotatable bonds is 10. The number of hydrogen-bond donors (Lipinski definition) is 1. The molecule has 0 saturated heterocycles. The van der Waals surface area contributed by atoms with Gasteiger partial charge in [-0.3, -0.25) is 4.79 Å². The summed E-state index contributed by atoms with van der Waals surface area (Å²) in [5.74, 6) is 1.03. The summed E-state index contributed by atoms with van der Waals surface area (Å²) in [5.41, 5.74) is 2.13. The molecule has 8 heteroatoms. The SMILES string of the molecule is CC[C@@H](Oc1ccc(C)cc1C)C(=O)NCCOc1ccc(S(=O)(=O)N(C)C)cc1. The second kappa shape index (κ2) is 10.4. The fourth-order valence-corrected chi connectivity index (χ4v) is 3.68. The quantitative estimate of drug-likeness (QED) is 0.581. The lowest BCUT2D eigenvalue weighted by atomic mass is 10.1. The van der Waals surface area contributed by atoms with Crippen molar-refractivity contribution < 1.29 is 22.7 Å². The van der Waals surface area contributed by atoms with Crippen LogP contribution in [0.5, 0.6) is 11.5 Å². The molecule has 0 aliphatic heterocycles. The number of ether oxygens (including phenoxy) is 2. The van der Waals surface area contributed by atoms with Gasteiger partial charge in [0, 0.05) is 14.1 Å². The molecule has 1 atom stereocenters. The standard InChI is InChI=1S/C22H30N2O5S/c1-6-20(29-21-12-7-16(2)15-17(21)3)22(25)23-13-14-28-18-8-10-19(11-9-18)30(26,27)24(4)5/h7-12,15,20H,6,13-14H2,1-5H3,(H,23,25)/t20-/m1/s1. The van der Waals surface area contributed by atoms with Crippen LogP contribution in [0, 0.1) is 13.8 Å². The predicted octanol–water partition coefficient (Wildman–Crippen LogP) is 2.91. The van der Waals surface area contributed by atoms with Gasteiger partial charge in [0.05, 0.1) is 11.4 Å². The number of carbonyl (C=O) groups is 1. The number of nitrogens with zero attached hydrogens (tertiary/aromatic N) is 1. The first-order valence-corrected chi connectivity index (χ1v) is 11.3. The average molecular weight is 435 g/mol. The molecule has 7 nitrogen and oxygen atoms in total. The smallest absolute Gasteiger partial charge is 0.261 e. The minimum atomic E-state index is -3.47. The molecule has 0 aliphatic rings. The minimum absolute atomic E-state index is 0.197. The van der Waals surface area contributed by atoms with E-state index in [2.05, 4.69) is 5.32 Å². The fraction of sp³-hybridized carbons (Fsp3) is 0.409. The normalized spacial score (nSPS) is 12.5. The lowest BCUT2D eigenvalue weighted by molar-refractivity contribution is -0.128. The van der Waals surface area contributed by atoms with Crippen molar-refractivity contribution in [3.63, 3.8) is 0 Å². The highest BCUT2D eigenvalue weighted by Gasteiger charge is 2.19. The number of carbonyl (C=O) groups excluding carboxylic acids is 1. The first-order valence-electron chi connectivity index (χ1n) is 9.82. The van der Waals surface area contributed by atoms with E-state index in [1.165, 1.54) is 26.2 Å². The molecule has 0 saturated carbocycles. The predicted molar refractivity (Wildman–Crippen MR) is 116 cm³/mol. The molecule has 2 aromatic carbocycles. The van der Waals surface area contributed by atoms with Gasteiger partial charge in [-0.2, -0.15) is 0 Å². The van der Waals surface area contributed by atoms with E-state index in [1.54, 1.807) is 12.1 Å². The van der Waals surface area contributed by atoms with E-state index in [9.17, 15) is 13.2 Å². The van der Waals surface area contributed by atoms with Crippen LogP contribution in [0.4, 0.5) is 0 Å². The molecule has 0 aromatic heterocycles. The van der Waals surface area contributed by atoms with E-state index in [0.29, 0.717) is 24.5 Å². The summed E-state index contributed by atoms with van der Waals surface area (Å²) in [4.78, 5) is 12.6. The monoisotopic (exact) mass is 434 g/mol. The molecule has 0 bridgehead atoms. The maximum atomic E-state index is 12.4. The van der Waals surface area contributed by atoms with E-state index < -0.39 is 16.1 Å². The number of benzene rings is 2. The van der Waals surface area contributed by atoms with Crippen molar-refractivity contribution in [1.82, 2.24) is 9.62 Å². The summed E-state index contributed by atoms with van der Waals surface area (Å²) >= 11 is 0. The van der Waals surface area contributed by atoms with Crippen molar-refractivity contribution >= 4 is 15.9 Å². The van der Waals surface area contributed by atoms with Crippen LogP contribution < -0.4 is 14.8 Å². The molecule has 0 radical (unpaired) electrons. The van der Waals surface area contributed by atoms with Crippen LogP contribution in [0.3, 0.4) is 0 Å². The molecule has 1 amide bonds. The zero-order chi connectivity index (χ0) is 22.3. The van der Waals surface area contributed by atoms with Crippen LogP contribution in [0.25, 0.3) is 0 Å². The maximum absolute atomic E-state index is 12.4. The van der Waals surface area contributed by atoms with Crippen molar-refractivity contribution in [3.8, 4) is 11.5 Å². The molecular formula is C22H30N2O5S. The molecule has 0 unspecified atom stereocenters. The summed E-state index contributed by atoms with van der Waals surface area (Å²) in [6, 6.07) is 12.0. The van der Waals surface area contributed by atoms with Crippen LogP contribution in [-0.4, -0.2) is 52.0 Å². The van der Waals surface area contributed by atoms with E-state index >= 15 is 0 Å².